The molecule has 0 radical (unpaired) electrons. The first-order chi connectivity index (χ1) is 12.0. The Balaban J connectivity index is 2.77. The zero-order valence-corrected chi connectivity index (χ0v) is 26.5. The van der Waals surface area contributed by atoms with Crippen LogP contribution in [0, 0.1) is 0 Å². The molecule has 3 nitrogen and oxygen atoms in total. The second kappa shape index (κ2) is 9.89. The summed E-state index contributed by atoms with van der Waals surface area (Å²) >= 11 is 31.6. The van der Waals surface area contributed by atoms with E-state index < -0.39 is 0 Å². The molecular formula is C14H4Br9NO2. The highest BCUT2D eigenvalue weighted by Crippen LogP contribution is 2.54. The van der Waals surface area contributed by atoms with Crippen LogP contribution in [0.3, 0.4) is 0 Å². The third-order valence-electron chi connectivity index (χ3n) is 2.90. The lowest BCUT2D eigenvalue weighted by atomic mass is 10.2. The maximum atomic E-state index is 11.7. The average Bonchev–Trinajstić information content (AvgIpc) is 2.59. The van der Waals surface area contributed by atoms with Gasteiger partial charge in [-0.1, -0.05) is 0 Å². The first-order valence-corrected chi connectivity index (χ1v) is 13.5. The second-order valence-electron chi connectivity index (χ2n) is 4.64. The Bertz CT molecular complexity index is 901. The topological polar surface area (TPSA) is 38.3 Å². The van der Waals surface area contributed by atoms with Crippen molar-refractivity contribution in [3.8, 4) is 11.5 Å². The summed E-state index contributed by atoms with van der Waals surface area (Å²) < 4.78 is 12.7. The largest absolute Gasteiger partial charge is 0.451 e. The van der Waals surface area contributed by atoms with Gasteiger partial charge in [-0.05, 0) is 143 Å². The number of rotatable bonds is 3. The van der Waals surface area contributed by atoms with E-state index in [0.717, 1.165) is 22.4 Å². The molecule has 0 atom stereocenters. The van der Waals surface area contributed by atoms with Crippen LogP contribution in [0.2, 0.25) is 0 Å². The van der Waals surface area contributed by atoms with Crippen LogP contribution < -0.4 is 10.1 Å². The van der Waals surface area contributed by atoms with Crippen LogP contribution in [-0.4, -0.2) is 5.91 Å². The van der Waals surface area contributed by atoms with Crippen LogP contribution in [0.15, 0.2) is 40.3 Å². The Morgan fingerprint density at radius 2 is 0.962 bits per heavy atom. The Hall–Kier alpha value is 2.03. The van der Waals surface area contributed by atoms with Gasteiger partial charge in [-0.15, -0.1) is 0 Å². The van der Waals surface area contributed by atoms with Gasteiger partial charge in [-0.3, -0.25) is 4.79 Å². The molecule has 0 saturated heterocycles. The van der Waals surface area contributed by atoms with Crippen molar-refractivity contribution in [3.05, 3.63) is 40.3 Å². The molecule has 2 aromatic rings. The maximum Gasteiger partial charge on any atom is 0.221 e. The van der Waals surface area contributed by atoms with Gasteiger partial charge in [0.05, 0.1) is 31.3 Å². The highest BCUT2D eigenvalue weighted by molar-refractivity contribution is 9.16. The molecule has 0 bridgehead atoms. The standard InChI is InChI=1S/C14H4Br9NO2/c1-2(25)24-12-8(20)4(16)7(19)11(23)14(12)26-13-9(21)5(17)3(15)6(18)10(13)22/h1H3,(H,24,25). The normalized spacial score (nSPS) is 10.8. The number of benzene rings is 2. The molecule has 26 heavy (non-hydrogen) atoms. The van der Waals surface area contributed by atoms with E-state index in [4.69, 9.17) is 4.74 Å². The monoisotopic (exact) mass is 928 g/mol. The SMILES string of the molecule is CC(=O)Nc1c(Br)c(Br)c(Br)c(Br)c1Oc1c(Br)c(Br)c(Br)c(Br)c1Br. The van der Waals surface area contributed by atoms with Gasteiger partial charge in [0.25, 0.3) is 0 Å². The van der Waals surface area contributed by atoms with Gasteiger partial charge in [0.2, 0.25) is 5.91 Å². The van der Waals surface area contributed by atoms with E-state index >= 15 is 0 Å². The summed E-state index contributed by atoms with van der Waals surface area (Å²) in [6, 6.07) is 0. The predicted octanol–water partition coefficient (Wildman–Crippen LogP) is 10.3. The number of ether oxygens (including phenoxy) is 1. The summed E-state index contributed by atoms with van der Waals surface area (Å²) in [5.41, 5.74) is 0.480. The number of hydrogen-bond acceptors (Lipinski definition) is 2. The van der Waals surface area contributed by atoms with Gasteiger partial charge in [0.1, 0.15) is 5.69 Å². The zero-order valence-electron chi connectivity index (χ0n) is 12.2. The van der Waals surface area contributed by atoms with Gasteiger partial charge < -0.3 is 10.1 Å². The minimum absolute atomic E-state index is 0.229. The van der Waals surface area contributed by atoms with Gasteiger partial charge >= 0.3 is 0 Å². The van der Waals surface area contributed by atoms with Crippen molar-refractivity contribution in [2.75, 3.05) is 5.32 Å². The molecule has 1 N–H and O–H groups in total. The lowest BCUT2D eigenvalue weighted by Crippen LogP contribution is -2.09. The van der Waals surface area contributed by atoms with Crippen molar-refractivity contribution in [1.82, 2.24) is 0 Å². The van der Waals surface area contributed by atoms with E-state index in [2.05, 4.69) is 149 Å². The fourth-order valence-corrected chi connectivity index (χ4v) is 7.21. The van der Waals surface area contributed by atoms with Crippen LogP contribution in [-0.2, 0) is 4.79 Å². The van der Waals surface area contributed by atoms with Gasteiger partial charge in [-0.2, -0.15) is 0 Å². The number of carbonyl (C=O) groups excluding carboxylic acids is 1. The Morgan fingerprint density at radius 3 is 1.38 bits per heavy atom. The highest BCUT2D eigenvalue weighted by atomic mass is 79.9. The quantitative estimate of drug-likeness (QED) is 0.246. The van der Waals surface area contributed by atoms with E-state index in [-0.39, 0.29) is 5.91 Å². The first-order valence-electron chi connectivity index (χ1n) is 6.31. The number of hydrogen-bond donors (Lipinski definition) is 1. The Labute approximate surface area is 225 Å². The lowest BCUT2D eigenvalue weighted by molar-refractivity contribution is -0.114. The smallest absolute Gasteiger partial charge is 0.221 e. The number of halogens is 9. The molecule has 1 amide bonds. The van der Waals surface area contributed by atoms with Gasteiger partial charge in [-0.25, -0.2) is 0 Å². The molecule has 0 heterocycles. The fraction of sp³-hybridized carbons (Fsp3) is 0.0714. The average molecular weight is 937 g/mol. The number of nitrogens with one attached hydrogen (secondary N) is 1. The summed E-state index contributed by atoms with van der Waals surface area (Å²) in [4.78, 5) is 11.7. The molecule has 0 aliphatic rings. The number of carbonyl (C=O) groups is 1. The Morgan fingerprint density at radius 1 is 0.615 bits per heavy atom. The second-order valence-corrected chi connectivity index (χ2v) is 11.8. The third kappa shape index (κ3) is 4.84. The van der Waals surface area contributed by atoms with Crippen molar-refractivity contribution in [2.24, 2.45) is 0 Å². The minimum atomic E-state index is -0.229. The van der Waals surface area contributed by atoms with Crippen LogP contribution >= 0.6 is 143 Å². The molecule has 140 valence electrons. The van der Waals surface area contributed by atoms with Gasteiger partial charge in [0.15, 0.2) is 11.5 Å². The molecule has 2 rings (SSSR count). The molecule has 2 aromatic carbocycles. The van der Waals surface area contributed by atoms with E-state index in [1.807, 2.05) is 0 Å². The molecular weight excluding hydrogens is 933 g/mol. The predicted molar refractivity (Wildman–Crippen MR) is 137 cm³/mol. The summed E-state index contributed by atoms with van der Waals surface area (Å²) in [6.07, 6.45) is 0. The third-order valence-corrected chi connectivity index (χ3v) is 13.7. The van der Waals surface area contributed by atoms with Gasteiger partial charge in [0, 0.05) is 15.9 Å². The molecule has 0 spiro atoms. The van der Waals surface area contributed by atoms with Crippen molar-refractivity contribution >= 4 is 155 Å². The summed E-state index contributed by atoms with van der Waals surface area (Å²) in [6.45, 7) is 1.43. The summed E-state index contributed by atoms with van der Waals surface area (Å²) in [7, 11) is 0. The molecule has 12 heteroatoms. The molecule has 0 aromatic heterocycles. The van der Waals surface area contributed by atoms with E-state index in [9.17, 15) is 4.79 Å². The van der Waals surface area contributed by atoms with Crippen molar-refractivity contribution in [1.29, 1.82) is 0 Å². The van der Waals surface area contributed by atoms with Crippen molar-refractivity contribution < 1.29 is 9.53 Å². The first kappa shape index (κ1) is 24.3. The van der Waals surface area contributed by atoms with Crippen LogP contribution in [0.1, 0.15) is 6.92 Å². The summed E-state index contributed by atoms with van der Waals surface area (Å²) in [5, 5.41) is 2.80. The Kier molecular flexibility index (Phi) is 9.24. The van der Waals surface area contributed by atoms with Crippen LogP contribution in [0.5, 0.6) is 11.5 Å². The molecule has 0 saturated carbocycles. The molecule has 0 unspecified atom stereocenters. The molecule has 0 fully saturated rings. The van der Waals surface area contributed by atoms with Crippen molar-refractivity contribution in [2.45, 2.75) is 6.92 Å². The molecule has 0 aliphatic heterocycles. The fourth-order valence-electron chi connectivity index (χ4n) is 1.77. The van der Waals surface area contributed by atoms with Crippen molar-refractivity contribution in [3.63, 3.8) is 0 Å². The number of amides is 1. The van der Waals surface area contributed by atoms with Crippen LogP contribution in [0.4, 0.5) is 5.69 Å². The van der Waals surface area contributed by atoms with Crippen LogP contribution in [0.25, 0.3) is 0 Å². The highest BCUT2D eigenvalue weighted by Gasteiger charge is 2.25. The zero-order chi connectivity index (χ0) is 19.9. The maximum absolute atomic E-state index is 11.7. The molecule has 0 aliphatic carbocycles. The van der Waals surface area contributed by atoms with E-state index in [1.54, 1.807) is 0 Å². The number of anilines is 1. The summed E-state index contributed by atoms with van der Waals surface area (Å²) in [5.74, 6) is 0.706. The lowest BCUT2D eigenvalue weighted by Gasteiger charge is -2.20. The van der Waals surface area contributed by atoms with E-state index in [1.165, 1.54) is 6.92 Å². The van der Waals surface area contributed by atoms with E-state index in [0.29, 0.717) is 35.1 Å². The minimum Gasteiger partial charge on any atom is -0.451 e.